The molecule has 29 heavy (non-hydrogen) atoms. The van der Waals surface area contributed by atoms with Gasteiger partial charge in [0, 0.05) is 39.1 Å². The predicted octanol–water partition coefficient (Wildman–Crippen LogP) is 2.95. The van der Waals surface area contributed by atoms with Crippen LogP contribution in [-0.2, 0) is 9.53 Å². The van der Waals surface area contributed by atoms with Crippen molar-refractivity contribution >= 4 is 17.6 Å². The number of guanidine groups is 1. The number of hydrogen-bond acceptors (Lipinski definition) is 5. The summed E-state index contributed by atoms with van der Waals surface area (Å²) in [6.07, 6.45) is 5.67. The quantitative estimate of drug-likeness (QED) is 0.256. The van der Waals surface area contributed by atoms with Crippen molar-refractivity contribution in [2.24, 2.45) is 4.99 Å². The van der Waals surface area contributed by atoms with Gasteiger partial charge in [-0.3, -0.25) is 9.79 Å². The molecule has 1 aliphatic heterocycles. The maximum atomic E-state index is 11.3. The monoisotopic (exact) mass is 404 g/mol. The first-order valence-electron chi connectivity index (χ1n) is 10.7. The summed E-state index contributed by atoms with van der Waals surface area (Å²) in [7, 11) is 3.52. The summed E-state index contributed by atoms with van der Waals surface area (Å²) in [6.45, 7) is 5.10. The third kappa shape index (κ3) is 7.83. The minimum atomic E-state index is -0.0889. The highest BCUT2D eigenvalue weighted by Crippen LogP contribution is 2.30. The summed E-state index contributed by atoms with van der Waals surface area (Å²) in [5.74, 6) is 1.68. The average Bonchev–Trinajstić information content (AvgIpc) is 3.20. The van der Waals surface area contributed by atoms with E-state index in [0.29, 0.717) is 19.1 Å². The first-order chi connectivity index (χ1) is 14.2. The molecule has 1 aromatic rings. The molecule has 0 aromatic heterocycles. The summed E-state index contributed by atoms with van der Waals surface area (Å²) in [4.78, 5) is 18.0. The van der Waals surface area contributed by atoms with Crippen molar-refractivity contribution in [3.8, 4) is 5.75 Å². The largest absolute Gasteiger partial charge is 0.495 e. The summed E-state index contributed by atoms with van der Waals surface area (Å²) in [5, 5.41) is 6.93. The molecule has 0 saturated carbocycles. The molecule has 2 N–H and O–H groups in total. The maximum absolute atomic E-state index is 11.3. The van der Waals surface area contributed by atoms with E-state index in [1.54, 1.807) is 7.11 Å². The van der Waals surface area contributed by atoms with E-state index in [1.165, 1.54) is 0 Å². The van der Waals surface area contributed by atoms with Gasteiger partial charge in [0.2, 0.25) is 0 Å². The molecule has 1 aliphatic rings. The van der Waals surface area contributed by atoms with Crippen molar-refractivity contribution in [2.75, 3.05) is 45.3 Å². The number of carbonyl (C=O) groups excluding carboxylic acids is 1. The molecular formula is C22H36N4O3. The van der Waals surface area contributed by atoms with Gasteiger partial charge in [-0.25, -0.2) is 0 Å². The summed E-state index contributed by atoms with van der Waals surface area (Å²) >= 11 is 0. The van der Waals surface area contributed by atoms with E-state index in [4.69, 9.17) is 9.47 Å². The molecule has 7 heteroatoms. The average molecular weight is 405 g/mol. The lowest BCUT2D eigenvalue weighted by Gasteiger charge is -2.22. The highest BCUT2D eigenvalue weighted by molar-refractivity contribution is 5.80. The number of rotatable bonds is 11. The lowest BCUT2D eigenvalue weighted by molar-refractivity contribution is -0.143. The molecule has 1 saturated heterocycles. The van der Waals surface area contributed by atoms with Gasteiger partial charge in [0.25, 0.3) is 0 Å². The van der Waals surface area contributed by atoms with Crippen LogP contribution in [0.4, 0.5) is 5.69 Å². The van der Waals surface area contributed by atoms with E-state index in [9.17, 15) is 4.79 Å². The Morgan fingerprint density at radius 3 is 2.79 bits per heavy atom. The zero-order chi connectivity index (χ0) is 20.9. The van der Waals surface area contributed by atoms with Crippen molar-refractivity contribution in [3.05, 3.63) is 24.3 Å². The van der Waals surface area contributed by atoms with Crippen LogP contribution in [0.5, 0.6) is 5.75 Å². The fourth-order valence-electron chi connectivity index (χ4n) is 3.56. The van der Waals surface area contributed by atoms with Crippen molar-refractivity contribution in [1.29, 1.82) is 0 Å². The summed E-state index contributed by atoms with van der Waals surface area (Å²) in [6, 6.07) is 8.51. The van der Waals surface area contributed by atoms with E-state index in [1.807, 2.05) is 32.2 Å². The van der Waals surface area contributed by atoms with Gasteiger partial charge >= 0.3 is 5.97 Å². The standard InChI is InChI=1S/C22H36N4O3/c1-4-29-21(27)13-7-5-6-10-15-24-22(23-2)25-18-14-16-26(17-18)19-11-8-9-12-20(19)28-3/h8-9,11-12,18H,4-7,10,13-17H2,1-3H3,(H2,23,24,25). The number of para-hydroxylation sites is 2. The number of nitrogens with zero attached hydrogens (tertiary/aromatic N) is 2. The van der Waals surface area contributed by atoms with E-state index in [2.05, 4.69) is 26.6 Å². The number of benzene rings is 1. The van der Waals surface area contributed by atoms with Crippen LogP contribution in [0.3, 0.4) is 0 Å². The number of methoxy groups -OCH3 is 1. The predicted molar refractivity (Wildman–Crippen MR) is 118 cm³/mol. The molecule has 0 radical (unpaired) electrons. The van der Waals surface area contributed by atoms with Gasteiger partial charge in [0.1, 0.15) is 5.75 Å². The normalized spacial score (nSPS) is 16.6. The van der Waals surface area contributed by atoms with Crippen molar-refractivity contribution in [2.45, 2.75) is 51.5 Å². The van der Waals surface area contributed by atoms with Gasteiger partial charge in [0.05, 0.1) is 19.4 Å². The number of carbonyl (C=O) groups is 1. The van der Waals surface area contributed by atoms with Crippen LogP contribution in [0.25, 0.3) is 0 Å². The Kier molecular flexibility index (Phi) is 10.2. The number of anilines is 1. The lowest BCUT2D eigenvalue weighted by Crippen LogP contribution is -2.44. The highest BCUT2D eigenvalue weighted by Gasteiger charge is 2.25. The molecule has 162 valence electrons. The van der Waals surface area contributed by atoms with Crippen LogP contribution in [0, 0.1) is 0 Å². The second-order valence-electron chi connectivity index (χ2n) is 7.22. The molecule has 1 heterocycles. The first kappa shape index (κ1) is 22.8. The zero-order valence-corrected chi connectivity index (χ0v) is 18.1. The Labute approximate surface area is 174 Å². The molecule has 0 aliphatic carbocycles. The topological polar surface area (TPSA) is 75.2 Å². The fourth-order valence-corrected chi connectivity index (χ4v) is 3.56. The molecule has 0 spiro atoms. The van der Waals surface area contributed by atoms with Gasteiger partial charge < -0.3 is 25.0 Å². The lowest BCUT2D eigenvalue weighted by atomic mass is 10.1. The van der Waals surface area contributed by atoms with Crippen LogP contribution < -0.4 is 20.3 Å². The Hall–Kier alpha value is -2.44. The first-order valence-corrected chi connectivity index (χ1v) is 10.7. The summed E-state index contributed by atoms with van der Waals surface area (Å²) in [5.41, 5.74) is 1.14. The third-order valence-electron chi connectivity index (χ3n) is 5.08. The molecule has 1 fully saturated rings. The van der Waals surface area contributed by atoms with Gasteiger partial charge in [-0.2, -0.15) is 0 Å². The zero-order valence-electron chi connectivity index (χ0n) is 18.1. The Bertz CT molecular complexity index is 651. The van der Waals surface area contributed by atoms with E-state index >= 15 is 0 Å². The van der Waals surface area contributed by atoms with Crippen LogP contribution in [0.15, 0.2) is 29.3 Å². The molecule has 1 unspecified atom stereocenters. The molecular weight excluding hydrogens is 368 g/mol. The molecule has 7 nitrogen and oxygen atoms in total. The molecule has 0 amide bonds. The van der Waals surface area contributed by atoms with Gasteiger partial charge in [-0.1, -0.05) is 25.0 Å². The van der Waals surface area contributed by atoms with Crippen molar-refractivity contribution < 1.29 is 14.3 Å². The Morgan fingerprint density at radius 2 is 2.03 bits per heavy atom. The number of ether oxygens (including phenoxy) is 2. The minimum absolute atomic E-state index is 0.0889. The van der Waals surface area contributed by atoms with Gasteiger partial charge in [-0.15, -0.1) is 0 Å². The number of hydrogen-bond donors (Lipinski definition) is 2. The van der Waals surface area contributed by atoms with Crippen LogP contribution in [0.1, 0.15) is 45.4 Å². The molecule has 1 atom stereocenters. The molecule has 1 aromatic carbocycles. The summed E-state index contributed by atoms with van der Waals surface area (Å²) < 4.78 is 10.4. The van der Waals surface area contributed by atoms with Crippen LogP contribution in [0.2, 0.25) is 0 Å². The van der Waals surface area contributed by atoms with Crippen LogP contribution >= 0.6 is 0 Å². The number of nitrogens with one attached hydrogen (secondary N) is 2. The number of esters is 1. The van der Waals surface area contributed by atoms with Gasteiger partial charge in [0.15, 0.2) is 5.96 Å². The van der Waals surface area contributed by atoms with E-state index in [0.717, 1.165) is 69.1 Å². The second-order valence-corrected chi connectivity index (χ2v) is 7.22. The maximum Gasteiger partial charge on any atom is 0.305 e. The van der Waals surface area contributed by atoms with Gasteiger partial charge in [-0.05, 0) is 38.3 Å². The smallest absolute Gasteiger partial charge is 0.305 e. The van der Waals surface area contributed by atoms with E-state index in [-0.39, 0.29) is 5.97 Å². The minimum Gasteiger partial charge on any atom is -0.495 e. The molecule has 2 rings (SSSR count). The SMILES string of the molecule is CCOC(=O)CCCCCCNC(=NC)NC1CCN(c2ccccc2OC)C1. The number of aliphatic imine (C=N–C) groups is 1. The van der Waals surface area contributed by atoms with Crippen LogP contribution in [-0.4, -0.2) is 58.4 Å². The highest BCUT2D eigenvalue weighted by atomic mass is 16.5. The third-order valence-corrected chi connectivity index (χ3v) is 5.08. The Morgan fingerprint density at radius 1 is 1.24 bits per heavy atom. The molecule has 0 bridgehead atoms. The van der Waals surface area contributed by atoms with E-state index < -0.39 is 0 Å². The second kappa shape index (κ2) is 12.9. The Balaban J connectivity index is 1.63. The van der Waals surface area contributed by atoms with Crippen molar-refractivity contribution in [1.82, 2.24) is 10.6 Å². The van der Waals surface area contributed by atoms with Crippen molar-refractivity contribution in [3.63, 3.8) is 0 Å². The number of unbranched alkanes of at least 4 members (excludes halogenated alkanes) is 3. The fraction of sp³-hybridized carbons (Fsp3) is 0.636.